The molecule has 0 radical (unpaired) electrons. The number of carbonyl (C=O) groups excluding carboxylic acids is 2. The first-order chi connectivity index (χ1) is 13.5. The molecule has 3 rings (SSSR count). The van der Waals surface area contributed by atoms with Crippen LogP contribution >= 0.6 is 11.6 Å². The number of esters is 1. The van der Waals surface area contributed by atoms with Gasteiger partial charge in [0.25, 0.3) is 0 Å². The molecule has 1 atom stereocenters. The van der Waals surface area contributed by atoms with Gasteiger partial charge in [0.05, 0.1) is 36.1 Å². The van der Waals surface area contributed by atoms with Crippen LogP contribution in [-0.2, 0) is 9.53 Å². The standard InChI is InChI=1S/C20H19ClN2O5/c1-3-28-19(25)16-17(11-7-5-4-6-8-11)22-20(26)23-18(16)12-9-15(27-2)14(24)10-13(12)21/h4-10,18,24H,3H2,1-2H3,(H2,22,23,26). The van der Waals surface area contributed by atoms with Crippen molar-refractivity contribution in [2.75, 3.05) is 13.7 Å². The molecular weight excluding hydrogens is 384 g/mol. The molecule has 0 fully saturated rings. The number of benzene rings is 2. The number of hydrogen-bond donors (Lipinski definition) is 3. The molecule has 0 saturated heterocycles. The Kier molecular flexibility index (Phi) is 5.75. The highest BCUT2D eigenvalue weighted by Gasteiger charge is 2.35. The number of carbonyl (C=O) groups is 2. The summed E-state index contributed by atoms with van der Waals surface area (Å²) in [5.74, 6) is -0.583. The molecule has 28 heavy (non-hydrogen) atoms. The van der Waals surface area contributed by atoms with Crippen molar-refractivity contribution in [3.63, 3.8) is 0 Å². The van der Waals surface area contributed by atoms with E-state index >= 15 is 0 Å². The Balaban J connectivity index is 2.23. The van der Waals surface area contributed by atoms with Crippen LogP contribution in [0.25, 0.3) is 5.70 Å². The zero-order chi connectivity index (χ0) is 20.3. The van der Waals surface area contributed by atoms with Crippen molar-refractivity contribution in [1.29, 1.82) is 0 Å². The molecule has 8 heteroatoms. The van der Waals surface area contributed by atoms with E-state index in [1.54, 1.807) is 31.2 Å². The molecule has 3 N–H and O–H groups in total. The average molecular weight is 403 g/mol. The Morgan fingerprint density at radius 2 is 1.96 bits per heavy atom. The summed E-state index contributed by atoms with van der Waals surface area (Å²) in [4.78, 5) is 25.2. The van der Waals surface area contributed by atoms with Gasteiger partial charge in [0.15, 0.2) is 11.5 Å². The number of halogens is 1. The fourth-order valence-corrected chi connectivity index (χ4v) is 3.27. The summed E-state index contributed by atoms with van der Waals surface area (Å²) in [5, 5.41) is 15.5. The van der Waals surface area contributed by atoms with E-state index in [2.05, 4.69) is 10.6 Å². The zero-order valence-electron chi connectivity index (χ0n) is 15.3. The SMILES string of the molecule is CCOC(=O)C1=C(c2ccccc2)NC(=O)NC1c1cc(OC)c(O)cc1Cl. The van der Waals surface area contributed by atoms with Gasteiger partial charge in [0.2, 0.25) is 0 Å². The lowest BCUT2D eigenvalue weighted by atomic mass is 9.92. The molecule has 1 heterocycles. The summed E-state index contributed by atoms with van der Waals surface area (Å²) < 4.78 is 10.4. The lowest BCUT2D eigenvalue weighted by Gasteiger charge is -2.30. The van der Waals surface area contributed by atoms with E-state index in [-0.39, 0.29) is 28.7 Å². The molecule has 146 valence electrons. The number of methoxy groups -OCH3 is 1. The van der Waals surface area contributed by atoms with Crippen LogP contribution in [0, 0.1) is 0 Å². The van der Waals surface area contributed by atoms with Crippen molar-refractivity contribution in [2.45, 2.75) is 13.0 Å². The van der Waals surface area contributed by atoms with Crippen molar-refractivity contribution in [3.05, 3.63) is 64.2 Å². The van der Waals surface area contributed by atoms with Gasteiger partial charge in [-0.05, 0) is 18.6 Å². The number of aromatic hydroxyl groups is 1. The van der Waals surface area contributed by atoms with Crippen LogP contribution in [-0.4, -0.2) is 30.8 Å². The smallest absolute Gasteiger partial charge is 0.338 e. The summed E-state index contributed by atoms with van der Waals surface area (Å²) in [7, 11) is 1.39. The van der Waals surface area contributed by atoms with E-state index in [1.165, 1.54) is 19.2 Å². The molecule has 0 aromatic heterocycles. The minimum atomic E-state index is -0.898. The number of rotatable bonds is 5. The Hall–Kier alpha value is -3.19. The third kappa shape index (κ3) is 3.75. The largest absolute Gasteiger partial charge is 0.504 e. The molecule has 2 amide bonds. The molecule has 1 aliphatic heterocycles. The van der Waals surface area contributed by atoms with Crippen molar-refractivity contribution < 1.29 is 24.2 Å². The normalized spacial score (nSPS) is 16.2. The van der Waals surface area contributed by atoms with Gasteiger partial charge < -0.3 is 25.2 Å². The highest BCUT2D eigenvalue weighted by Crippen LogP contribution is 2.40. The number of ether oxygens (including phenoxy) is 2. The van der Waals surface area contributed by atoms with E-state index in [0.717, 1.165) is 0 Å². The second-order valence-electron chi connectivity index (χ2n) is 5.95. The molecular formula is C20H19ClN2O5. The number of urea groups is 1. The van der Waals surface area contributed by atoms with E-state index in [0.29, 0.717) is 16.8 Å². The van der Waals surface area contributed by atoms with Crippen LogP contribution in [0.1, 0.15) is 24.1 Å². The van der Waals surface area contributed by atoms with Crippen LogP contribution in [0.5, 0.6) is 11.5 Å². The zero-order valence-corrected chi connectivity index (χ0v) is 16.0. The summed E-state index contributed by atoms with van der Waals surface area (Å²) in [5.41, 5.74) is 1.56. The highest BCUT2D eigenvalue weighted by molar-refractivity contribution is 6.31. The maximum Gasteiger partial charge on any atom is 0.338 e. The van der Waals surface area contributed by atoms with E-state index in [1.807, 2.05) is 6.07 Å². The van der Waals surface area contributed by atoms with Crippen LogP contribution in [0.2, 0.25) is 5.02 Å². The fraction of sp³-hybridized carbons (Fsp3) is 0.200. The third-order valence-corrected chi connectivity index (χ3v) is 4.57. The van der Waals surface area contributed by atoms with Crippen molar-refractivity contribution in [1.82, 2.24) is 10.6 Å². The topological polar surface area (TPSA) is 96.9 Å². The first kappa shape index (κ1) is 19.6. The second-order valence-corrected chi connectivity index (χ2v) is 6.36. The quantitative estimate of drug-likeness (QED) is 0.666. The minimum absolute atomic E-state index is 0.151. The molecule has 0 bridgehead atoms. The van der Waals surface area contributed by atoms with Crippen LogP contribution < -0.4 is 15.4 Å². The number of nitrogens with one attached hydrogen (secondary N) is 2. The highest BCUT2D eigenvalue weighted by atomic mass is 35.5. The lowest BCUT2D eigenvalue weighted by Crippen LogP contribution is -2.45. The second kappa shape index (κ2) is 8.22. The number of amides is 2. The molecule has 2 aromatic carbocycles. The van der Waals surface area contributed by atoms with Gasteiger partial charge in [-0.15, -0.1) is 0 Å². The Morgan fingerprint density at radius 1 is 1.25 bits per heavy atom. The Bertz CT molecular complexity index is 943. The van der Waals surface area contributed by atoms with Crippen molar-refractivity contribution in [3.8, 4) is 11.5 Å². The maximum absolute atomic E-state index is 12.8. The van der Waals surface area contributed by atoms with E-state index in [9.17, 15) is 14.7 Å². The predicted octanol–water partition coefficient (Wildman–Crippen LogP) is 3.38. The third-order valence-electron chi connectivity index (χ3n) is 4.24. The summed E-state index contributed by atoms with van der Waals surface area (Å²) >= 11 is 6.32. The average Bonchev–Trinajstić information content (AvgIpc) is 2.68. The van der Waals surface area contributed by atoms with Crippen LogP contribution in [0.3, 0.4) is 0 Å². The van der Waals surface area contributed by atoms with Crippen LogP contribution in [0.4, 0.5) is 4.79 Å². The van der Waals surface area contributed by atoms with Gasteiger partial charge in [-0.3, -0.25) is 0 Å². The molecule has 7 nitrogen and oxygen atoms in total. The molecule has 1 unspecified atom stereocenters. The first-order valence-corrected chi connectivity index (χ1v) is 8.94. The minimum Gasteiger partial charge on any atom is -0.504 e. The van der Waals surface area contributed by atoms with Gasteiger partial charge >= 0.3 is 12.0 Å². The Morgan fingerprint density at radius 3 is 2.61 bits per heavy atom. The van der Waals surface area contributed by atoms with Crippen molar-refractivity contribution >= 4 is 29.3 Å². The summed E-state index contributed by atoms with van der Waals surface area (Å²) in [6.45, 7) is 1.86. The number of phenolic OH excluding ortho intramolecular Hbond substituents is 1. The molecule has 0 saturated carbocycles. The maximum atomic E-state index is 12.8. The predicted molar refractivity (Wildman–Crippen MR) is 104 cm³/mol. The van der Waals surface area contributed by atoms with Gasteiger partial charge in [0, 0.05) is 11.6 Å². The molecule has 0 spiro atoms. The van der Waals surface area contributed by atoms with E-state index < -0.39 is 18.0 Å². The molecule has 0 aliphatic carbocycles. The fourth-order valence-electron chi connectivity index (χ4n) is 3.00. The Labute approximate surface area is 166 Å². The molecule has 2 aromatic rings. The van der Waals surface area contributed by atoms with Gasteiger partial charge in [-0.2, -0.15) is 0 Å². The number of hydrogen-bond acceptors (Lipinski definition) is 5. The summed E-state index contributed by atoms with van der Waals surface area (Å²) in [6, 6.07) is 10.4. The molecule has 1 aliphatic rings. The van der Waals surface area contributed by atoms with Gasteiger partial charge in [-0.25, -0.2) is 9.59 Å². The lowest BCUT2D eigenvalue weighted by molar-refractivity contribution is -0.138. The summed E-state index contributed by atoms with van der Waals surface area (Å²) in [6.07, 6.45) is 0. The van der Waals surface area contributed by atoms with Crippen molar-refractivity contribution in [2.24, 2.45) is 0 Å². The van der Waals surface area contributed by atoms with Crippen LogP contribution in [0.15, 0.2) is 48.0 Å². The van der Waals surface area contributed by atoms with E-state index in [4.69, 9.17) is 21.1 Å². The van der Waals surface area contributed by atoms with Gasteiger partial charge in [-0.1, -0.05) is 41.9 Å². The monoisotopic (exact) mass is 402 g/mol. The van der Waals surface area contributed by atoms with Gasteiger partial charge in [0.1, 0.15) is 0 Å². The first-order valence-electron chi connectivity index (χ1n) is 8.56. The number of phenols is 1.